The molecule has 0 radical (unpaired) electrons. The Morgan fingerprint density at radius 3 is 2.61 bits per heavy atom. The summed E-state index contributed by atoms with van der Waals surface area (Å²) in [6.07, 6.45) is 0. The van der Waals surface area contributed by atoms with Gasteiger partial charge in [-0.3, -0.25) is 9.59 Å². The predicted octanol–water partition coefficient (Wildman–Crippen LogP) is 2.99. The summed E-state index contributed by atoms with van der Waals surface area (Å²) in [4.78, 5) is 26.3. The fraction of sp³-hybridized carbons (Fsp3) is 0.286. The average Bonchev–Trinajstić information content (AvgIpc) is 3.41. The average molecular weight is 379 g/mol. The summed E-state index contributed by atoms with van der Waals surface area (Å²) in [5, 5.41) is 6.88. The van der Waals surface area contributed by atoms with Gasteiger partial charge in [-0.15, -0.1) is 0 Å². The number of likely N-dealkylation sites (tertiary alicyclic amines) is 1. The van der Waals surface area contributed by atoms with E-state index in [1.807, 2.05) is 49.4 Å². The van der Waals surface area contributed by atoms with Crippen molar-refractivity contribution in [2.24, 2.45) is 0 Å². The van der Waals surface area contributed by atoms with E-state index < -0.39 is 0 Å². The van der Waals surface area contributed by atoms with Crippen LogP contribution in [0.4, 0.5) is 0 Å². The summed E-state index contributed by atoms with van der Waals surface area (Å²) in [7, 11) is 0. The maximum Gasteiger partial charge on any atom is 0.276 e. The molecule has 144 valence electrons. The van der Waals surface area contributed by atoms with Crippen LogP contribution >= 0.6 is 0 Å². The number of carbonyl (C=O) groups excluding carboxylic acids is 2. The largest absolute Gasteiger partial charge is 0.466 e. The van der Waals surface area contributed by atoms with Crippen LogP contribution in [-0.2, 0) is 4.79 Å². The van der Waals surface area contributed by atoms with Gasteiger partial charge >= 0.3 is 0 Å². The Hall–Kier alpha value is -3.35. The molecule has 2 atom stereocenters. The number of hydrogen-bond acceptors (Lipinski definition) is 5. The Bertz CT molecular complexity index is 992. The molecule has 7 heteroatoms. The Labute approximate surface area is 162 Å². The van der Waals surface area contributed by atoms with Gasteiger partial charge in [0.05, 0.1) is 12.0 Å². The standard InChI is InChI=1S/C21H21N3O4/c1-13-8-9-19(27-13)16-11-24(12-18(16)22-14(2)25)21(26)17-10-20(28-23-17)15-6-4-3-5-7-15/h3-10,16,18H,11-12H2,1-2H3,(H,22,25)/t16-,18-/m1/s1. The Balaban J connectivity index is 1.54. The fourth-order valence-electron chi connectivity index (χ4n) is 3.59. The van der Waals surface area contributed by atoms with Gasteiger partial charge in [-0.2, -0.15) is 0 Å². The highest BCUT2D eigenvalue weighted by atomic mass is 16.5. The first kappa shape index (κ1) is 18.0. The monoisotopic (exact) mass is 379 g/mol. The number of furan rings is 1. The highest BCUT2D eigenvalue weighted by molar-refractivity contribution is 5.93. The fourth-order valence-corrected chi connectivity index (χ4v) is 3.59. The minimum Gasteiger partial charge on any atom is -0.466 e. The van der Waals surface area contributed by atoms with Crippen molar-refractivity contribution in [2.45, 2.75) is 25.8 Å². The third-order valence-electron chi connectivity index (χ3n) is 4.91. The minimum atomic E-state index is -0.230. The quantitative estimate of drug-likeness (QED) is 0.753. The first-order valence-corrected chi connectivity index (χ1v) is 9.16. The first-order valence-electron chi connectivity index (χ1n) is 9.16. The number of nitrogens with zero attached hydrogens (tertiary/aromatic N) is 2. The van der Waals surface area contributed by atoms with E-state index in [1.165, 1.54) is 6.92 Å². The second-order valence-electron chi connectivity index (χ2n) is 7.01. The zero-order chi connectivity index (χ0) is 19.7. The van der Waals surface area contributed by atoms with Crippen molar-refractivity contribution in [3.05, 3.63) is 65.7 Å². The van der Waals surface area contributed by atoms with Crippen molar-refractivity contribution in [2.75, 3.05) is 13.1 Å². The van der Waals surface area contributed by atoms with Gasteiger partial charge in [-0.05, 0) is 19.1 Å². The van der Waals surface area contributed by atoms with Crippen molar-refractivity contribution in [3.63, 3.8) is 0 Å². The zero-order valence-electron chi connectivity index (χ0n) is 15.7. The molecule has 1 aliphatic heterocycles. The number of carbonyl (C=O) groups is 2. The van der Waals surface area contributed by atoms with Crippen LogP contribution in [0.2, 0.25) is 0 Å². The molecule has 1 aromatic carbocycles. The molecule has 2 aromatic heterocycles. The van der Waals surface area contributed by atoms with Crippen LogP contribution in [0.25, 0.3) is 11.3 Å². The topological polar surface area (TPSA) is 88.6 Å². The molecule has 7 nitrogen and oxygen atoms in total. The number of aromatic nitrogens is 1. The molecule has 1 fully saturated rings. The summed E-state index contributed by atoms with van der Waals surface area (Å²) in [5.74, 6) is 1.62. The number of rotatable bonds is 4. The van der Waals surface area contributed by atoms with E-state index in [0.717, 1.165) is 17.1 Å². The highest BCUT2D eigenvalue weighted by Crippen LogP contribution is 2.30. The third-order valence-corrected chi connectivity index (χ3v) is 4.91. The van der Waals surface area contributed by atoms with Crippen LogP contribution < -0.4 is 5.32 Å². The van der Waals surface area contributed by atoms with E-state index in [0.29, 0.717) is 18.8 Å². The van der Waals surface area contributed by atoms with Crippen LogP contribution in [0, 0.1) is 6.92 Å². The Morgan fingerprint density at radius 1 is 1.14 bits per heavy atom. The number of benzene rings is 1. The summed E-state index contributed by atoms with van der Waals surface area (Å²) in [6.45, 7) is 4.16. The lowest BCUT2D eigenvalue weighted by Crippen LogP contribution is -2.39. The smallest absolute Gasteiger partial charge is 0.276 e. The van der Waals surface area contributed by atoms with Crippen molar-refractivity contribution in [1.82, 2.24) is 15.4 Å². The molecule has 0 unspecified atom stereocenters. The molecule has 0 saturated carbocycles. The molecule has 4 rings (SSSR count). The second kappa shape index (κ2) is 7.34. The number of nitrogens with one attached hydrogen (secondary N) is 1. The molecule has 1 aliphatic rings. The van der Waals surface area contributed by atoms with Crippen LogP contribution in [0.15, 0.2) is 57.5 Å². The van der Waals surface area contributed by atoms with Gasteiger partial charge in [0.2, 0.25) is 5.91 Å². The van der Waals surface area contributed by atoms with Crippen molar-refractivity contribution in [1.29, 1.82) is 0 Å². The lowest BCUT2D eigenvalue weighted by atomic mass is 10.0. The Kier molecular flexibility index (Phi) is 4.73. The molecule has 0 spiro atoms. The van der Waals surface area contributed by atoms with E-state index in [9.17, 15) is 9.59 Å². The van der Waals surface area contributed by atoms with E-state index >= 15 is 0 Å². The van der Waals surface area contributed by atoms with Gasteiger partial charge in [0.15, 0.2) is 11.5 Å². The van der Waals surface area contributed by atoms with Crippen LogP contribution in [0.1, 0.15) is 34.9 Å². The lowest BCUT2D eigenvalue weighted by molar-refractivity contribution is -0.119. The highest BCUT2D eigenvalue weighted by Gasteiger charge is 2.39. The zero-order valence-corrected chi connectivity index (χ0v) is 15.7. The van der Waals surface area contributed by atoms with E-state index in [4.69, 9.17) is 8.94 Å². The molecular formula is C21H21N3O4. The van der Waals surface area contributed by atoms with E-state index in [1.54, 1.807) is 11.0 Å². The number of aryl methyl sites for hydroxylation is 1. The van der Waals surface area contributed by atoms with Gasteiger partial charge in [-0.25, -0.2) is 0 Å². The molecule has 3 heterocycles. The maximum atomic E-state index is 13.0. The van der Waals surface area contributed by atoms with Gasteiger partial charge in [0.25, 0.3) is 5.91 Å². The predicted molar refractivity (Wildman–Crippen MR) is 102 cm³/mol. The molecule has 0 aliphatic carbocycles. The Morgan fingerprint density at radius 2 is 1.93 bits per heavy atom. The SMILES string of the molecule is CC(=O)N[C@@H]1CN(C(=O)c2cc(-c3ccccc3)on2)C[C@H]1c1ccc(C)o1. The summed E-state index contributed by atoms with van der Waals surface area (Å²) in [6, 6.07) is 14.7. The van der Waals surface area contributed by atoms with Crippen molar-refractivity contribution < 1.29 is 18.5 Å². The molecule has 28 heavy (non-hydrogen) atoms. The lowest BCUT2D eigenvalue weighted by Gasteiger charge is -2.16. The third kappa shape index (κ3) is 3.55. The van der Waals surface area contributed by atoms with Gasteiger partial charge in [-0.1, -0.05) is 35.5 Å². The molecule has 1 saturated heterocycles. The van der Waals surface area contributed by atoms with E-state index in [2.05, 4.69) is 10.5 Å². The second-order valence-corrected chi connectivity index (χ2v) is 7.01. The minimum absolute atomic E-state index is 0.109. The van der Waals surface area contributed by atoms with Crippen LogP contribution in [0.3, 0.4) is 0 Å². The molecule has 2 amide bonds. The van der Waals surface area contributed by atoms with Crippen molar-refractivity contribution in [3.8, 4) is 11.3 Å². The number of hydrogen-bond donors (Lipinski definition) is 1. The maximum absolute atomic E-state index is 13.0. The summed E-state index contributed by atoms with van der Waals surface area (Å²) in [5.41, 5.74) is 1.10. The first-order chi connectivity index (χ1) is 13.5. The summed E-state index contributed by atoms with van der Waals surface area (Å²) >= 11 is 0. The molecule has 0 bridgehead atoms. The van der Waals surface area contributed by atoms with Crippen LogP contribution in [-0.4, -0.2) is 41.0 Å². The normalized spacial score (nSPS) is 19.0. The number of amides is 2. The van der Waals surface area contributed by atoms with Crippen molar-refractivity contribution >= 4 is 11.8 Å². The molecule has 3 aromatic rings. The van der Waals surface area contributed by atoms with Crippen LogP contribution in [0.5, 0.6) is 0 Å². The molecule has 1 N–H and O–H groups in total. The summed E-state index contributed by atoms with van der Waals surface area (Å²) < 4.78 is 11.1. The van der Waals surface area contributed by atoms with Gasteiger partial charge in [0.1, 0.15) is 11.5 Å². The molecular weight excluding hydrogens is 358 g/mol. The van der Waals surface area contributed by atoms with E-state index in [-0.39, 0.29) is 29.5 Å². The van der Waals surface area contributed by atoms with Gasteiger partial charge < -0.3 is 19.2 Å². The van der Waals surface area contributed by atoms with Gasteiger partial charge in [0, 0.05) is 31.6 Å².